The summed E-state index contributed by atoms with van der Waals surface area (Å²) in [5.41, 5.74) is 1.99. The van der Waals surface area contributed by atoms with Crippen LogP contribution < -0.4 is 15.6 Å². The van der Waals surface area contributed by atoms with Gasteiger partial charge in [0.1, 0.15) is 6.04 Å². The summed E-state index contributed by atoms with van der Waals surface area (Å²) in [6.07, 6.45) is 1.63. The van der Waals surface area contributed by atoms with Crippen LogP contribution in [-0.4, -0.2) is 66.3 Å². The molecular formula is C34H32ClFN4O5. The molecule has 6 rings (SSSR count). The van der Waals surface area contributed by atoms with E-state index in [4.69, 9.17) is 16.0 Å². The first kappa shape index (κ1) is 30.3. The maximum atomic E-state index is 14.4. The minimum atomic E-state index is -0.986. The lowest BCUT2D eigenvalue weighted by Crippen LogP contribution is -2.55. The highest BCUT2D eigenvalue weighted by Gasteiger charge is 2.31. The molecule has 3 amide bonds. The quantitative estimate of drug-likeness (QED) is 0.310. The second kappa shape index (κ2) is 13.1. The molecule has 232 valence electrons. The number of likely N-dealkylation sites (tertiary alicyclic amines) is 1. The van der Waals surface area contributed by atoms with Crippen LogP contribution in [0.4, 0.5) is 10.1 Å². The van der Waals surface area contributed by atoms with Gasteiger partial charge >= 0.3 is 0 Å². The number of nitrogens with zero attached hydrogens (tertiary/aromatic N) is 3. The van der Waals surface area contributed by atoms with Crippen molar-refractivity contribution in [2.24, 2.45) is 0 Å². The fraction of sp³-hybridized carbons (Fsp3) is 0.294. The van der Waals surface area contributed by atoms with E-state index in [1.807, 2.05) is 29.2 Å². The predicted octanol–water partition coefficient (Wildman–Crippen LogP) is 4.40. The third-order valence-corrected chi connectivity index (χ3v) is 8.60. The van der Waals surface area contributed by atoms with Crippen LogP contribution in [0, 0.1) is 5.82 Å². The fourth-order valence-corrected chi connectivity index (χ4v) is 6.08. The van der Waals surface area contributed by atoms with Gasteiger partial charge in [-0.3, -0.25) is 19.2 Å². The monoisotopic (exact) mass is 630 g/mol. The number of nitrogens with one attached hydrogen (secondary N) is 1. The van der Waals surface area contributed by atoms with Gasteiger partial charge in [0, 0.05) is 68.9 Å². The Labute approximate surface area is 264 Å². The van der Waals surface area contributed by atoms with Gasteiger partial charge in [0.05, 0.1) is 5.39 Å². The average Bonchev–Trinajstić information content (AvgIpc) is 3.46. The second-order valence-electron chi connectivity index (χ2n) is 11.3. The first-order valence-electron chi connectivity index (χ1n) is 14.9. The molecule has 2 aliphatic rings. The van der Waals surface area contributed by atoms with E-state index in [0.29, 0.717) is 44.2 Å². The van der Waals surface area contributed by atoms with E-state index in [-0.39, 0.29) is 35.0 Å². The first-order chi connectivity index (χ1) is 21.8. The van der Waals surface area contributed by atoms with Crippen LogP contribution in [0.2, 0.25) is 5.02 Å². The number of fused-ring (bicyclic) bond motifs is 1. The molecule has 0 unspecified atom stereocenters. The Morgan fingerprint density at radius 1 is 0.933 bits per heavy atom. The molecule has 11 heteroatoms. The van der Waals surface area contributed by atoms with E-state index < -0.39 is 23.2 Å². The summed E-state index contributed by atoms with van der Waals surface area (Å²) >= 11 is 6.06. The van der Waals surface area contributed by atoms with Crippen molar-refractivity contribution in [3.8, 4) is 0 Å². The molecule has 1 N–H and O–H groups in total. The van der Waals surface area contributed by atoms with Crippen LogP contribution in [0.25, 0.3) is 11.0 Å². The molecule has 4 aromatic rings. The summed E-state index contributed by atoms with van der Waals surface area (Å²) in [5.74, 6) is -2.07. The number of carbonyl (C=O) groups excluding carboxylic acids is 3. The van der Waals surface area contributed by atoms with Crippen molar-refractivity contribution < 1.29 is 23.2 Å². The van der Waals surface area contributed by atoms with E-state index in [1.54, 1.807) is 29.2 Å². The van der Waals surface area contributed by atoms with Gasteiger partial charge in [-0.2, -0.15) is 0 Å². The summed E-state index contributed by atoms with van der Waals surface area (Å²) in [4.78, 5) is 57.9. The van der Waals surface area contributed by atoms with Gasteiger partial charge in [0.15, 0.2) is 22.6 Å². The smallest absolute Gasteiger partial charge is 0.287 e. The second-order valence-corrected chi connectivity index (χ2v) is 11.7. The summed E-state index contributed by atoms with van der Waals surface area (Å²) in [6.45, 7) is 3.28. The van der Waals surface area contributed by atoms with Crippen molar-refractivity contribution in [1.29, 1.82) is 0 Å². The maximum absolute atomic E-state index is 14.4. The van der Waals surface area contributed by atoms with Gasteiger partial charge < -0.3 is 24.4 Å². The number of rotatable bonds is 8. The molecule has 3 heterocycles. The van der Waals surface area contributed by atoms with Crippen molar-refractivity contribution in [2.75, 3.05) is 37.6 Å². The van der Waals surface area contributed by atoms with E-state index in [9.17, 15) is 23.6 Å². The standard InChI is InChI=1S/C34H32ClFN4O5/c35-24-12-10-22(11-13-24)19-27(37-33(43)30-20-29(41)25-6-3-7-26(36)32(25)45-30)34(44)39-17-15-38(16-18-39)28-8-2-1-5-23(28)21-40-14-4-9-31(40)42/h1-3,5-8,10-13,20,27H,4,9,14-19,21H2,(H,37,43)/t27-/m1/s1. The normalized spacial score (nSPS) is 15.9. The van der Waals surface area contributed by atoms with Crippen molar-refractivity contribution in [2.45, 2.75) is 31.8 Å². The molecule has 1 aromatic heterocycles. The van der Waals surface area contributed by atoms with Crippen molar-refractivity contribution in [3.63, 3.8) is 0 Å². The van der Waals surface area contributed by atoms with Crippen LogP contribution in [0.3, 0.4) is 0 Å². The van der Waals surface area contributed by atoms with Crippen LogP contribution in [0.1, 0.15) is 34.5 Å². The molecule has 2 saturated heterocycles. The Morgan fingerprint density at radius 3 is 2.42 bits per heavy atom. The summed E-state index contributed by atoms with van der Waals surface area (Å²) in [6, 6.07) is 19.0. The fourth-order valence-electron chi connectivity index (χ4n) is 5.96. The number of hydrogen-bond donors (Lipinski definition) is 1. The predicted molar refractivity (Wildman–Crippen MR) is 169 cm³/mol. The Kier molecular flexibility index (Phi) is 8.84. The zero-order valence-corrected chi connectivity index (χ0v) is 25.3. The topological polar surface area (TPSA) is 103 Å². The third kappa shape index (κ3) is 6.71. The molecule has 0 aliphatic carbocycles. The third-order valence-electron chi connectivity index (χ3n) is 8.34. The molecule has 0 radical (unpaired) electrons. The molecule has 45 heavy (non-hydrogen) atoms. The molecule has 1 atom stereocenters. The number of anilines is 1. The zero-order valence-electron chi connectivity index (χ0n) is 24.5. The lowest BCUT2D eigenvalue weighted by Gasteiger charge is -2.38. The van der Waals surface area contributed by atoms with Crippen LogP contribution in [-0.2, 0) is 22.6 Å². The Bertz CT molecular complexity index is 1800. The lowest BCUT2D eigenvalue weighted by atomic mass is 10.0. The summed E-state index contributed by atoms with van der Waals surface area (Å²) in [5, 5.41) is 3.29. The summed E-state index contributed by atoms with van der Waals surface area (Å²) in [7, 11) is 0. The van der Waals surface area contributed by atoms with E-state index in [1.165, 1.54) is 12.1 Å². The molecule has 2 fully saturated rings. The Morgan fingerprint density at radius 2 is 1.69 bits per heavy atom. The average molecular weight is 631 g/mol. The van der Waals surface area contributed by atoms with Gasteiger partial charge in [-0.25, -0.2) is 4.39 Å². The molecular weight excluding hydrogens is 599 g/mol. The lowest BCUT2D eigenvalue weighted by molar-refractivity contribution is -0.133. The minimum Gasteiger partial charge on any atom is -0.448 e. The highest BCUT2D eigenvalue weighted by molar-refractivity contribution is 6.30. The highest BCUT2D eigenvalue weighted by atomic mass is 35.5. The van der Waals surface area contributed by atoms with E-state index in [2.05, 4.69) is 10.2 Å². The SMILES string of the molecule is O=C(N[C@H](Cc1ccc(Cl)cc1)C(=O)N1CCN(c2ccccc2CN2CCCC2=O)CC1)c1cc(=O)c2cccc(F)c2o1. The van der Waals surface area contributed by atoms with E-state index >= 15 is 0 Å². The van der Waals surface area contributed by atoms with Gasteiger partial charge in [-0.05, 0) is 47.9 Å². The molecule has 2 aliphatic heterocycles. The number of halogens is 2. The van der Waals surface area contributed by atoms with Crippen LogP contribution in [0.15, 0.2) is 82.0 Å². The molecule has 0 spiro atoms. The number of benzene rings is 3. The summed E-state index contributed by atoms with van der Waals surface area (Å²) < 4.78 is 19.9. The number of hydrogen-bond acceptors (Lipinski definition) is 6. The molecule has 0 saturated carbocycles. The number of carbonyl (C=O) groups is 3. The van der Waals surface area contributed by atoms with Crippen molar-refractivity contribution >= 4 is 46.0 Å². The molecule has 9 nitrogen and oxygen atoms in total. The number of para-hydroxylation sites is 2. The van der Waals surface area contributed by atoms with Crippen molar-refractivity contribution in [1.82, 2.24) is 15.1 Å². The van der Waals surface area contributed by atoms with Gasteiger partial charge in [0.25, 0.3) is 5.91 Å². The van der Waals surface area contributed by atoms with Gasteiger partial charge in [-0.1, -0.05) is 48.0 Å². The first-order valence-corrected chi connectivity index (χ1v) is 15.3. The number of piperazine rings is 1. The maximum Gasteiger partial charge on any atom is 0.287 e. The van der Waals surface area contributed by atoms with Crippen molar-refractivity contribution in [3.05, 3.63) is 111 Å². The van der Waals surface area contributed by atoms with E-state index in [0.717, 1.165) is 41.9 Å². The molecule has 3 aromatic carbocycles. The Balaban J connectivity index is 1.19. The van der Waals surface area contributed by atoms with Crippen LogP contribution >= 0.6 is 11.6 Å². The highest BCUT2D eigenvalue weighted by Crippen LogP contribution is 2.26. The van der Waals surface area contributed by atoms with Gasteiger partial charge in [-0.15, -0.1) is 0 Å². The largest absolute Gasteiger partial charge is 0.448 e. The van der Waals surface area contributed by atoms with Crippen LogP contribution in [0.5, 0.6) is 0 Å². The molecule has 0 bridgehead atoms. The Hall–Kier alpha value is -4.70. The zero-order chi connectivity index (χ0) is 31.5. The van der Waals surface area contributed by atoms with Gasteiger partial charge in [0.2, 0.25) is 11.8 Å². The number of amides is 3. The minimum absolute atomic E-state index is 0.0202.